The highest BCUT2D eigenvalue weighted by Gasteiger charge is 2.22. The Morgan fingerprint density at radius 2 is 1.71 bits per heavy atom. The lowest BCUT2D eigenvalue weighted by molar-refractivity contribution is 0.632. The molecule has 0 saturated carbocycles. The number of hydrogen-bond acceptors (Lipinski definition) is 8. The molecule has 8 nitrogen and oxygen atoms in total. The third kappa shape index (κ3) is 3.20. The molecule has 1 fully saturated rings. The minimum atomic E-state index is 0.368. The Hall–Kier alpha value is -2.95. The Labute approximate surface area is 141 Å². The molecule has 3 heterocycles. The van der Waals surface area contributed by atoms with Gasteiger partial charge in [0.05, 0.1) is 0 Å². The Morgan fingerprint density at radius 3 is 2.38 bits per heavy atom. The number of nitrogens with zero attached hydrogens (tertiary/aromatic N) is 8. The molecule has 24 heavy (non-hydrogen) atoms. The molecule has 0 bridgehead atoms. The molecule has 0 unspecified atom stereocenters. The van der Waals surface area contributed by atoms with Crippen LogP contribution in [0.1, 0.15) is 11.4 Å². The second kappa shape index (κ2) is 6.66. The molecule has 0 amide bonds. The van der Waals surface area contributed by atoms with Crippen molar-refractivity contribution in [3.63, 3.8) is 0 Å². The first-order chi connectivity index (χ1) is 11.6. The second-order valence-corrected chi connectivity index (χ2v) is 5.88. The summed E-state index contributed by atoms with van der Waals surface area (Å²) >= 11 is 0. The summed E-state index contributed by atoms with van der Waals surface area (Å²) in [4.78, 5) is 23.8. The Kier molecular flexibility index (Phi) is 4.42. The molecule has 0 atom stereocenters. The fourth-order valence-electron chi connectivity index (χ4n) is 2.67. The van der Waals surface area contributed by atoms with E-state index in [-0.39, 0.29) is 0 Å². The molecule has 0 aromatic carbocycles. The number of rotatable bonds is 3. The molecule has 3 rings (SSSR count). The van der Waals surface area contributed by atoms with Gasteiger partial charge in [-0.3, -0.25) is 0 Å². The van der Waals surface area contributed by atoms with Crippen molar-refractivity contribution in [3.8, 4) is 6.07 Å². The molecule has 0 N–H and O–H groups in total. The van der Waals surface area contributed by atoms with E-state index in [2.05, 4.69) is 35.8 Å². The summed E-state index contributed by atoms with van der Waals surface area (Å²) in [5.41, 5.74) is 1.32. The number of aromatic nitrogens is 4. The summed E-state index contributed by atoms with van der Waals surface area (Å²) in [6.45, 7) is 5.03. The van der Waals surface area contributed by atoms with Crippen LogP contribution in [0.3, 0.4) is 0 Å². The zero-order valence-electron chi connectivity index (χ0n) is 14.1. The number of anilines is 3. The SMILES string of the molecule is Cc1cc(N(C)C)nc(N2CCN(c3nccnc3C#N)CC2)n1. The maximum atomic E-state index is 9.18. The van der Waals surface area contributed by atoms with Crippen LogP contribution in [0.5, 0.6) is 0 Å². The van der Waals surface area contributed by atoms with Crippen LogP contribution < -0.4 is 14.7 Å². The summed E-state index contributed by atoms with van der Waals surface area (Å²) < 4.78 is 0. The molecule has 1 aliphatic rings. The number of piperazine rings is 1. The monoisotopic (exact) mass is 324 g/mol. The molecule has 2 aromatic heterocycles. The Morgan fingerprint density at radius 1 is 1.04 bits per heavy atom. The van der Waals surface area contributed by atoms with E-state index in [4.69, 9.17) is 0 Å². The number of hydrogen-bond donors (Lipinski definition) is 0. The molecule has 0 aliphatic carbocycles. The molecule has 1 aliphatic heterocycles. The lowest BCUT2D eigenvalue weighted by atomic mass is 10.3. The fourth-order valence-corrected chi connectivity index (χ4v) is 2.67. The number of nitriles is 1. The first kappa shape index (κ1) is 15.9. The van der Waals surface area contributed by atoms with Gasteiger partial charge >= 0.3 is 0 Å². The quantitative estimate of drug-likeness (QED) is 0.821. The van der Waals surface area contributed by atoms with Gasteiger partial charge in [-0.2, -0.15) is 10.2 Å². The lowest BCUT2D eigenvalue weighted by Crippen LogP contribution is -2.47. The van der Waals surface area contributed by atoms with E-state index in [1.54, 1.807) is 12.4 Å². The predicted molar refractivity (Wildman–Crippen MR) is 92.3 cm³/mol. The van der Waals surface area contributed by atoms with Gasteiger partial charge in [-0.15, -0.1) is 0 Å². The van der Waals surface area contributed by atoms with Crippen LogP contribution in [0.15, 0.2) is 18.5 Å². The van der Waals surface area contributed by atoms with Crippen LogP contribution in [-0.2, 0) is 0 Å². The molecular weight excluding hydrogens is 304 g/mol. The maximum absolute atomic E-state index is 9.18. The normalized spacial score (nSPS) is 14.4. The summed E-state index contributed by atoms with van der Waals surface area (Å²) in [7, 11) is 3.95. The smallest absolute Gasteiger partial charge is 0.227 e. The van der Waals surface area contributed by atoms with Crippen molar-refractivity contribution in [1.82, 2.24) is 19.9 Å². The molecule has 0 spiro atoms. The topological polar surface area (TPSA) is 85.1 Å². The van der Waals surface area contributed by atoms with Crippen molar-refractivity contribution in [2.75, 3.05) is 55.0 Å². The Bertz CT molecular complexity index is 759. The van der Waals surface area contributed by atoms with E-state index in [1.165, 1.54) is 0 Å². The zero-order valence-corrected chi connectivity index (χ0v) is 14.1. The largest absolute Gasteiger partial charge is 0.363 e. The fraction of sp³-hybridized carbons (Fsp3) is 0.438. The van der Waals surface area contributed by atoms with Gasteiger partial charge < -0.3 is 14.7 Å². The molecular formula is C16H20N8. The standard InChI is InChI=1S/C16H20N8/c1-12-10-14(22(2)3)21-16(20-12)24-8-6-23(7-9-24)15-13(11-17)18-4-5-19-15/h4-5,10H,6-9H2,1-3H3. The van der Waals surface area contributed by atoms with Crippen LogP contribution in [0, 0.1) is 18.3 Å². The van der Waals surface area contributed by atoms with Gasteiger partial charge in [-0.05, 0) is 6.92 Å². The van der Waals surface area contributed by atoms with Crippen LogP contribution in [0.4, 0.5) is 17.6 Å². The van der Waals surface area contributed by atoms with Gasteiger partial charge in [0.2, 0.25) is 5.95 Å². The van der Waals surface area contributed by atoms with E-state index < -0.39 is 0 Å². The van der Waals surface area contributed by atoms with Crippen LogP contribution in [0.25, 0.3) is 0 Å². The third-order valence-electron chi connectivity index (χ3n) is 3.93. The van der Waals surface area contributed by atoms with Gasteiger partial charge in [0.1, 0.15) is 11.9 Å². The van der Waals surface area contributed by atoms with Crippen LogP contribution >= 0.6 is 0 Å². The van der Waals surface area contributed by atoms with Crippen molar-refractivity contribution < 1.29 is 0 Å². The molecule has 0 radical (unpaired) electrons. The van der Waals surface area contributed by atoms with Crippen LogP contribution in [0.2, 0.25) is 0 Å². The molecule has 124 valence electrons. The highest BCUT2D eigenvalue weighted by molar-refractivity contribution is 5.51. The van der Waals surface area contributed by atoms with Gasteiger partial charge in [0.25, 0.3) is 0 Å². The predicted octanol–water partition coefficient (Wildman–Crippen LogP) is 0.839. The summed E-state index contributed by atoms with van der Waals surface area (Å²) in [5.74, 6) is 2.30. The van der Waals surface area contributed by atoms with Crippen molar-refractivity contribution in [3.05, 3.63) is 29.8 Å². The van der Waals surface area contributed by atoms with Gasteiger partial charge in [0, 0.05) is 64.4 Å². The first-order valence-electron chi connectivity index (χ1n) is 7.82. The zero-order chi connectivity index (χ0) is 17.1. The van der Waals surface area contributed by atoms with Gasteiger partial charge in [-0.25, -0.2) is 15.0 Å². The minimum absolute atomic E-state index is 0.368. The lowest BCUT2D eigenvalue weighted by Gasteiger charge is -2.35. The maximum Gasteiger partial charge on any atom is 0.227 e. The van der Waals surface area contributed by atoms with Crippen molar-refractivity contribution in [2.45, 2.75) is 6.92 Å². The van der Waals surface area contributed by atoms with E-state index in [0.717, 1.165) is 43.6 Å². The third-order valence-corrected chi connectivity index (χ3v) is 3.93. The summed E-state index contributed by atoms with van der Waals surface area (Å²) in [6.07, 6.45) is 3.16. The van der Waals surface area contributed by atoms with Gasteiger partial charge in [-0.1, -0.05) is 0 Å². The Balaban J connectivity index is 1.75. The van der Waals surface area contributed by atoms with Gasteiger partial charge in [0.15, 0.2) is 11.5 Å². The highest BCUT2D eigenvalue weighted by Crippen LogP contribution is 2.20. The second-order valence-electron chi connectivity index (χ2n) is 5.88. The number of aryl methyl sites for hydroxylation is 1. The summed E-state index contributed by atoms with van der Waals surface area (Å²) in [6, 6.07) is 4.07. The van der Waals surface area contributed by atoms with Crippen molar-refractivity contribution in [2.24, 2.45) is 0 Å². The van der Waals surface area contributed by atoms with E-state index in [9.17, 15) is 5.26 Å². The molecule has 1 saturated heterocycles. The van der Waals surface area contributed by atoms with Crippen molar-refractivity contribution >= 4 is 17.6 Å². The molecule has 2 aromatic rings. The molecule has 8 heteroatoms. The van der Waals surface area contributed by atoms with E-state index in [1.807, 2.05) is 32.0 Å². The first-order valence-corrected chi connectivity index (χ1v) is 7.82. The average molecular weight is 324 g/mol. The van der Waals surface area contributed by atoms with E-state index >= 15 is 0 Å². The highest BCUT2D eigenvalue weighted by atomic mass is 15.3. The van der Waals surface area contributed by atoms with E-state index in [0.29, 0.717) is 11.5 Å². The minimum Gasteiger partial charge on any atom is -0.363 e. The van der Waals surface area contributed by atoms with Crippen LogP contribution in [-0.4, -0.2) is 60.2 Å². The average Bonchev–Trinajstić information content (AvgIpc) is 2.61. The van der Waals surface area contributed by atoms with Crippen molar-refractivity contribution in [1.29, 1.82) is 5.26 Å². The summed E-state index contributed by atoms with van der Waals surface area (Å²) in [5, 5.41) is 9.18.